The molecular weight excluding hydrogens is 330 g/mol. The Morgan fingerprint density at radius 1 is 1.38 bits per heavy atom. The lowest BCUT2D eigenvalue weighted by molar-refractivity contribution is 0.0171. The molecule has 2 rings (SSSR count). The third-order valence-corrected chi connectivity index (χ3v) is 4.43. The van der Waals surface area contributed by atoms with Gasteiger partial charge in [-0.1, -0.05) is 0 Å². The highest BCUT2D eigenvalue weighted by Crippen LogP contribution is 2.11. The predicted molar refractivity (Wildman–Crippen MR) is 105 cm³/mol. The van der Waals surface area contributed by atoms with Gasteiger partial charge in [0, 0.05) is 51.8 Å². The molecule has 1 aliphatic heterocycles. The molecule has 7 nitrogen and oxygen atoms in total. The number of aromatic nitrogens is 2. The number of hydrogen-bond acceptors (Lipinski definition) is 4. The largest absolute Gasteiger partial charge is 0.379 e. The zero-order valence-electron chi connectivity index (χ0n) is 16.4. The Labute approximate surface area is 157 Å². The molecule has 148 valence electrons. The molecule has 0 aromatic carbocycles. The highest BCUT2D eigenvalue weighted by molar-refractivity contribution is 5.79. The van der Waals surface area contributed by atoms with Gasteiger partial charge in [0.15, 0.2) is 5.96 Å². The summed E-state index contributed by atoms with van der Waals surface area (Å²) in [5, 5.41) is 6.70. The van der Waals surface area contributed by atoms with Gasteiger partial charge in [0.1, 0.15) is 5.82 Å². The van der Waals surface area contributed by atoms with Gasteiger partial charge in [-0.2, -0.15) is 0 Å². The van der Waals surface area contributed by atoms with Crippen molar-refractivity contribution in [1.29, 1.82) is 0 Å². The Balaban J connectivity index is 1.51. The van der Waals surface area contributed by atoms with Gasteiger partial charge >= 0.3 is 0 Å². The second kappa shape index (κ2) is 12.7. The quantitative estimate of drug-likeness (QED) is 0.337. The molecule has 0 saturated carbocycles. The first-order chi connectivity index (χ1) is 12.8. The van der Waals surface area contributed by atoms with Crippen LogP contribution in [0, 0.1) is 6.92 Å². The topological polar surface area (TPSA) is 72.7 Å². The maximum atomic E-state index is 5.67. The maximum absolute atomic E-state index is 5.67. The molecule has 0 amide bonds. The Morgan fingerprint density at radius 3 is 3.04 bits per heavy atom. The van der Waals surface area contributed by atoms with Gasteiger partial charge < -0.3 is 24.7 Å². The molecule has 2 heterocycles. The van der Waals surface area contributed by atoms with Crippen LogP contribution < -0.4 is 10.6 Å². The molecule has 0 aliphatic carbocycles. The van der Waals surface area contributed by atoms with Crippen molar-refractivity contribution in [2.45, 2.75) is 58.6 Å². The lowest BCUT2D eigenvalue weighted by Gasteiger charge is -2.12. The smallest absolute Gasteiger partial charge is 0.191 e. The van der Waals surface area contributed by atoms with Crippen LogP contribution in [0.4, 0.5) is 0 Å². The van der Waals surface area contributed by atoms with Gasteiger partial charge in [0.05, 0.1) is 12.7 Å². The summed E-state index contributed by atoms with van der Waals surface area (Å²) < 4.78 is 13.4. The second-order valence-electron chi connectivity index (χ2n) is 6.63. The minimum absolute atomic E-state index is 0.309. The molecule has 1 aliphatic rings. The van der Waals surface area contributed by atoms with Crippen molar-refractivity contribution < 1.29 is 9.47 Å². The number of aliphatic imine (C=N–C) groups is 1. The Bertz CT molecular complexity index is 512. The Morgan fingerprint density at radius 2 is 2.31 bits per heavy atom. The number of unbranched alkanes of at least 4 members (excludes halogenated alkanes) is 1. The summed E-state index contributed by atoms with van der Waals surface area (Å²) in [5.41, 5.74) is 0. The van der Waals surface area contributed by atoms with Crippen molar-refractivity contribution in [2.75, 3.05) is 39.5 Å². The first-order valence-electron chi connectivity index (χ1n) is 9.99. The van der Waals surface area contributed by atoms with E-state index in [4.69, 9.17) is 9.47 Å². The average Bonchev–Trinajstić information content (AvgIpc) is 3.29. The summed E-state index contributed by atoms with van der Waals surface area (Å²) >= 11 is 0. The molecule has 1 saturated heterocycles. The fraction of sp³-hybridized carbons (Fsp3) is 0.789. The van der Waals surface area contributed by atoms with E-state index in [9.17, 15) is 0 Å². The van der Waals surface area contributed by atoms with Gasteiger partial charge in [0.25, 0.3) is 0 Å². The number of ether oxygens (including phenoxy) is 2. The van der Waals surface area contributed by atoms with Crippen molar-refractivity contribution in [1.82, 2.24) is 20.2 Å². The summed E-state index contributed by atoms with van der Waals surface area (Å²) in [5.74, 6) is 1.97. The van der Waals surface area contributed by atoms with Crippen molar-refractivity contribution in [3.8, 4) is 0 Å². The molecule has 0 bridgehead atoms. The molecule has 2 N–H and O–H groups in total. The van der Waals surface area contributed by atoms with Crippen LogP contribution in [-0.2, 0) is 16.0 Å². The highest BCUT2D eigenvalue weighted by Gasteiger charge is 2.14. The Hall–Kier alpha value is -1.60. The van der Waals surface area contributed by atoms with Crippen LogP contribution in [0.5, 0.6) is 0 Å². The first kappa shape index (κ1) is 20.7. The molecular formula is C19H35N5O2. The molecule has 1 aromatic rings. The average molecular weight is 366 g/mol. The number of hydrogen-bond donors (Lipinski definition) is 2. The minimum Gasteiger partial charge on any atom is -0.379 e. The van der Waals surface area contributed by atoms with E-state index >= 15 is 0 Å². The van der Waals surface area contributed by atoms with E-state index in [1.807, 2.05) is 19.3 Å². The second-order valence-corrected chi connectivity index (χ2v) is 6.63. The van der Waals surface area contributed by atoms with Crippen molar-refractivity contribution >= 4 is 5.96 Å². The first-order valence-corrected chi connectivity index (χ1v) is 9.99. The van der Waals surface area contributed by atoms with Gasteiger partial charge in [-0.05, 0) is 46.0 Å². The molecule has 0 spiro atoms. The number of imidazole rings is 1. The number of aryl methyl sites for hydroxylation is 2. The van der Waals surface area contributed by atoms with E-state index in [1.165, 1.54) is 0 Å². The predicted octanol–water partition coefficient (Wildman–Crippen LogP) is 2.11. The minimum atomic E-state index is 0.309. The van der Waals surface area contributed by atoms with E-state index in [1.54, 1.807) is 0 Å². The van der Waals surface area contributed by atoms with E-state index in [0.717, 1.165) is 89.9 Å². The molecule has 7 heteroatoms. The molecule has 1 fully saturated rings. The third-order valence-electron chi connectivity index (χ3n) is 4.43. The zero-order valence-corrected chi connectivity index (χ0v) is 16.4. The maximum Gasteiger partial charge on any atom is 0.191 e. The van der Waals surface area contributed by atoms with Gasteiger partial charge in [-0.25, -0.2) is 4.98 Å². The van der Waals surface area contributed by atoms with Crippen LogP contribution >= 0.6 is 0 Å². The monoisotopic (exact) mass is 365 g/mol. The van der Waals surface area contributed by atoms with Crippen LogP contribution in [-0.4, -0.2) is 61.1 Å². The molecule has 1 atom stereocenters. The van der Waals surface area contributed by atoms with Crippen molar-refractivity contribution in [2.24, 2.45) is 4.99 Å². The molecule has 1 aromatic heterocycles. The summed E-state index contributed by atoms with van der Waals surface area (Å²) in [4.78, 5) is 8.86. The third kappa shape index (κ3) is 8.19. The fourth-order valence-corrected chi connectivity index (χ4v) is 2.94. The lowest BCUT2D eigenvalue weighted by atomic mass is 10.2. The summed E-state index contributed by atoms with van der Waals surface area (Å²) in [6, 6.07) is 0. The van der Waals surface area contributed by atoms with Crippen LogP contribution in [0.3, 0.4) is 0 Å². The summed E-state index contributed by atoms with van der Waals surface area (Å²) in [6.45, 7) is 10.1. The molecule has 1 unspecified atom stereocenters. The number of nitrogens with zero attached hydrogens (tertiary/aromatic N) is 3. The highest BCUT2D eigenvalue weighted by atomic mass is 16.5. The van der Waals surface area contributed by atoms with Crippen LogP contribution in [0.1, 0.15) is 44.9 Å². The fourth-order valence-electron chi connectivity index (χ4n) is 2.94. The van der Waals surface area contributed by atoms with Crippen LogP contribution in [0.25, 0.3) is 0 Å². The van der Waals surface area contributed by atoms with Gasteiger partial charge in [-0.3, -0.25) is 4.99 Å². The van der Waals surface area contributed by atoms with E-state index in [2.05, 4.69) is 32.1 Å². The number of rotatable bonds is 12. The lowest BCUT2D eigenvalue weighted by Crippen LogP contribution is -2.38. The van der Waals surface area contributed by atoms with Gasteiger partial charge in [-0.15, -0.1) is 0 Å². The van der Waals surface area contributed by atoms with Crippen molar-refractivity contribution in [3.63, 3.8) is 0 Å². The van der Waals surface area contributed by atoms with Crippen LogP contribution in [0.2, 0.25) is 0 Å². The van der Waals surface area contributed by atoms with E-state index in [-0.39, 0.29) is 0 Å². The van der Waals surface area contributed by atoms with Gasteiger partial charge in [0.2, 0.25) is 0 Å². The zero-order chi connectivity index (χ0) is 18.5. The van der Waals surface area contributed by atoms with Crippen molar-refractivity contribution in [3.05, 3.63) is 18.2 Å². The molecule has 0 radical (unpaired) electrons. The number of nitrogens with one attached hydrogen (secondary N) is 2. The SMILES string of the molecule is CCNC(=NCCCOCC1CCCO1)NCCCCn1ccnc1C. The summed E-state index contributed by atoms with van der Waals surface area (Å²) in [7, 11) is 0. The summed E-state index contributed by atoms with van der Waals surface area (Å²) in [6.07, 6.45) is 9.66. The Kier molecular flexibility index (Phi) is 10.1. The van der Waals surface area contributed by atoms with Crippen LogP contribution in [0.15, 0.2) is 17.4 Å². The molecule has 26 heavy (non-hydrogen) atoms. The number of guanidine groups is 1. The standard InChI is InChI=1S/C19H35N5O2/c1-3-20-19(22-9-4-5-12-24-13-11-21-17(24)2)23-10-7-14-25-16-18-8-6-15-26-18/h11,13,18H,3-10,12,14-16H2,1-2H3,(H2,20,22,23). The van der Waals surface area contributed by atoms with E-state index in [0.29, 0.717) is 6.10 Å². The normalized spacial score (nSPS) is 17.6. The van der Waals surface area contributed by atoms with E-state index < -0.39 is 0 Å².